The van der Waals surface area contributed by atoms with Crippen LogP contribution < -0.4 is 4.74 Å². The maximum Gasteiger partial charge on any atom is 0.343 e. The van der Waals surface area contributed by atoms with E-state index in [1.54, 1.807) is 24.3 Å². The molecule has 0 unspecified atom stereocenters. The summed E-state index contributed by atoms with van der Waals surface area (Å²) < 4.78 is 5.62. The summed E-state index contributed by atoms with van der Waals surface area (Å²) in [5.74, 6) is -0.989. The standard InChI is InChI=1S/C36H46O6/c1-33(2,3)24-15-20(16-25(30(24)39)34(4,5)6)29(38)23-14-13-22(19-28(23)37)42-32(41)21-17-26(35(7,8)9)31(40)27(18-21)36(10,11)12/h13-19,37,39-40H,1-12H3. The molecule has 0 saturated heterocycles. The van der Waals surface area contributed by atoms with Crippen LogP contribution in [-0.4, -0.2) is 27.1 Å². The summed E-state index contributed by atoms with van der Waals surface area (Å²) >= 11 is 0. The Labute approximate surface area is 250 Å². The van der Waals surface area contributed by atoms with E-state index in [1.807, 2.05) is 83.1 Å². The van der Waals surface area contributed by atoms with Crippen molar-refractivity contribution in [1.82, 2.24) is 0 Å². The molecular weight excluding hydrogens is 528 g/mol. The van der Waals surface area contributed by atoms with Crippen molar-refractivity contribution in [3.8, 4) is 23.0 Å². The molecule has 0 fully saturated rings. The number of aromatic hydroxyl groups is 3. The molecule has 0 heterocycles. The van der Waals surface area contributed by atoms with Gasteiger partial charge in [-0.05, 0) is 58.1 Å². The first kappa shape index (κ1) is 32.7. The summed E-state index contributed by atoms with van der Waals surface area (Å²) in [6.07, 6.45) is 0. The molecule has 6 heteroatoms. The van der Waals surface area contributed by atoms with E-state index >= 15 is 0 Å². The third-order valence-corrected chi connectivity index (χ3v) is 7.37. The normalized spacial score (nSPS) is 12.8. The fourth-order valence-electron chi connectivity index (χ4n) is 4.89. The van der Waals surface area contributed by atoms with Crippen molar-refractivity contribution in [3.63, 3.8) is 0 Å². The molecule has 6 nitrogen and oxygen atoms in total. The van der Waals surface area contributed by atoms with E-state index in [1.165, 1.54) is 18.2 Å². The number of phenolic OH excluding ortho intramolecular Hbond substituents is 3. The summed E-state index contributed by atoms with van der Waals surface area (Å²) in [6.45, 7) is 23.5. The topological polar surface area (TPSA) is 104 Å². The van der Waals surface area contributed by atoms with Gasteiger partial charge in [-0.3, -0.25) is 4.79 Å². The zero-order valence-electron chi connectivity index (χ0n) is 27.1. The molecule has 0 aromatic heterocycles. The second-order valence-corrected chi connectivity index (χ2v) is 15.2. The molecule has 0 radical (unpaired) electrons. The average Bonchev–Trinajstić information content (AvgIpc) is 2.81. The number of hydrogen-bond acceptors (Lipinski definition) is 6. The number of esters is 1. The predicted octanol–water partition coefficient (Wildman–Crippen LogP) is 8.44. The van der Waals surface area contributed by atoms with Gasteiger partial charge in [-0.25, -0.2) is 4.79 Å². The van der Waals surface area contributed by atoms with Crippen molar-refractivity contribution < 1.29 is 29.6 Å². The maximum atomic E-state index is 13.6. The molecule has 0 aliphatic carbocycles. The largest absolute Gasteiger partial charge is 0.507 e. The molecule has 3 aromatic carbocycles. The highest BCUT2D eigenvalue weighted by Gasteiger charge is 2.30. The Bertz CT molecular complexity index is 1460. The molecule has 0 amide bonds. The number of rotatable bonds is 4. The van der Waals surface area contributed by atoms with Gasteiger partial charge in [0.05, 0.1) is 11.1 Å². The number of ketones is 1. The zero-order chi connectivity index (χ0) is 32.2. The Balaban J connectivity index is 2.01. The zero-order valence-corrected chi connectivity index (χ0v) is 27.1. The molecule has 0 atom stereocenters. The van der Waals surface area contributed by atoms with Crippen molar-refractivity contribution >= 4 is 11.8 Å². The lowest BCUT2D eigenvalue weighted by Crippen LogP contribution is -2.20. The monoisotopic (exact) mass is 574 g/mol. The Kier molecular flexibility index (Phi) is 8.41. The molecule has 0 aliphatic rings. The quantitative estimate of drug-likeness (QED) is 0.164. The Morgan fingerprint density at radius 3 is 1.24 bits per heavy atom. The van der Waals surface area contributed by atoms with E-state index in [9.17, 15) is 24.9 Å². The van der Waals surface area contributed by atoms with Gasteiger partial charge < -0.3 is 20.1 Å². The second-order valence-electron chi connectivity index (χ2n) is 15.2. The minimum absolute atomic E-state index is 0.0508. The van der Waals surface area contributed by atoms with Crippen LogP contribution in [0.25, 0.3) is 0 Å². The first-order valence-electron chi connectivity index (χ1n) is 14.3. The highest BCUT2D eigenvalue weighted by molar-refractivity contribution is 6.11. The SMILES string of the molecule is CC(C)(C)c1cc(C(=O)Oc2ccc(C(=O)c3cc(C(C)(C)C)c(O)c(C(C)(C)C)c3)c(O)c2)cc(C(C)(C)C)c1O. The van der Waals surface area contributed by atoms with Crippen LogP contribution in [0, 0.1) is 0 Å². The van der Waals surface area contributed by atoms with E-state index < -0.39 is 33.4 Å². The lowest BCUT2D eigenvalue weighted by atomic mass is 9.77. The van der Waals surface area contributed by atoms with Crippen LogP contribution in [0.1, 0.15) is 132 Å². The van der Waals surface area contributed by atoms with Gasteiger partial charge in [-0.1, -0.05) is 83.1 Å². The summed E-state index contributed by atoms with van der Waals surface area (Å²) in [7, 11) is 0. The molecule has 0 saturated carbocycles. The molecule has 0 bridgehead atoms. The van der Waals surface area contributed by atoms with E-state index in [2.05, 4.69) is 0 Å². The van der Waals surface area contributed by atoms with Crippen LogP contribution in [0.15, 0.2) is 42.5 Å². The summed E-state index contributed by atoms with van der Waals surface area (Å²) in [5, 5.41) is 32.9. The van der Waals surface area contributed by atoms with Crippen LogP contribution in [-0.2, 0) is 21.7 Å². The smallest absolute Gasteiger partial charge is 0.343 e. The number of ether oxygens (including phenoxy) is 1. The van der Waals surface area contributed by atoms with Gasteiger partial charge in [0.25, 0.3) is 0 Å². The Morgan fingerprint density at radius 1 is 0.548 bits per heavy atom. The summed E-state index contributed by atoms with van der Waals surface area (Å²) in [5.41, 5.74) is 1.52. The number of phenols is 3. The lowest BCUT2D eigenvalue weighted by Gasteiger charge is -2.28. The van der Waals surface area contributed by atoms with Gasteiger partial charge in [-0.2, -0.15) is 0 Å². The molecule has 0 aliphatic heterocycles. The molecule has 3 rings (SSSR count). The molecule has 226 valence electrons. The second kappa shape index (κ2) is 10.8. The minimum atomic E-state index is -0.646. The van der Waals surface area contributed by atoms with Crippen LogP contribution in [0.3, 0.4) is 0 Å². The maximum absolute atomic E-state index is 13.6. The van der Waals surface area contributed by atoms with Crippen molar-refractivity contribution in [2.75, 3.05) is 0 Å². The van der Waals surface area contributed by atoms with Crippen LogP contribution in [0.4, 0.5) is 0 Å². The molecule has 3 N–H and O–H groups in total. The van der Waals surface area contributed by atoms with Gasteiger partial charge in [-0.15, -0.1) is 0 Å². The van der Waals surface area contributed by atoms with Gasteiger partial charge >= 0.3 is 5.97 Å². The number of hydrogen-bond donors (Lipinski definition) is 3. The molecular formula is C36H46O6. The highest BCUT2D eigenvalue weighted by atomic mass is 16.5. The number of benzene rings is 3. The van der Waals surface area contributed by atoms with E-state index in [0.29, 0.717) is 27.8 Å². The lowest BCUT2D eigenvalue weighted by molar-refractivity contribution is 0.0734. The van der Waals surface area contributed by atoms with Gasteiger partial charge in [0, 0.05) is 33.9 Å². The van der Waals surface area contributed by atoms with Crippen molar-refractivity contribution in [1.29, 1.82) is 0 Å². The van der Waals surface area contributed by atoms with Gasteiger partial charge in [0.15, 0.2) is 5.78 Å². The fraction of sp³-hybridized carbons (Fsp3) is 0.444. The van der Waals surface area contributed by atoms with Gasteiger partial charge in [0.1, 0.15) is 23.0 Å². The molecule has 0 spiro atoms. The average molecular weight is 575 g/mol. The first-order chi connectivity index (χ1) is 18.9. The Hall–Kier alpha value is -3.80. The van der Waals surface area contributed by atoms with E-state index in [0.717, 1.165) is 0 Å². The van der Waals surface area contributed by atoms with Crippen LogP contribution in [0.5, 0.6) is 23.0 Å². The molecule has 3 aromatic rings. The third-order valence-electron chi connectivity index (χ3n) is 7.37. The van der Waals surface area contributed by atoms with Crippen LogP contribution in [0.2, 0.25) is 0 Å². The van der Waals surface area contributed by atoms with Crippen LogP contribution >= 0.6 is 0 Å². The van der Waals surface area contributed by atoms with Crippen molar-refractivity contribution in [3.05, 3.63) is 81.4 Å². The van der Waals surface area contributed by atoms with E-state index in [4.69, 9.17) is 4.74 Å². The number of carbonyl (C=O) groups is 2. The first-order valence-corrected chi connectivity index (χ1v) is 14.3. The van der Waals surface area contributed by atoms with E-state index in [-0.39, 0.29) is 34.1 Å². The fourth-order valence-corrected chi connectivity index (χ4v) is 4.89. The van der Waals surface area contributed by atoms with Gasteiger partial charge in [0.2, 0.25) is 0 Å². The predicted molar refractivity (Wildman–Crippen MR) is 168 cm³/mol. The summed E-state index contributed by atoms with van der Waals surface area (Å²) in [6, 6.07) is 10.8. The molecule has 42 heavy (non-hydrogen) atoms. The highest BCUT2D eigenvalue weighted by Crippen LogP contribution is 2.42. The summed E-state index contributed by atoms with van der Waals surface area (Å²) in [4.78, 5) is 26.9. The van der Waals surface area contributed by atoms with Crippen molar-refractivity contribution in [2.24, 2.45) is 0 Å². The van der Waals surface area contributed by atoms with Crippen molar-refractivity contribution in [2.45, 2.75) is 105 Å². The Morgan fingerprint density at radius 2 is 0.905 bits per heavy atom. The minimum Gasteiger partial charge on any atom is -0.507 e. The number of carbonyl (C=O) groups excluding carboxylic acids is 2. The third kappa shape index (κ3) is 6.80.